The Balaban J connectivity index is 1.27. The Morgan fingerprint density at radius 3 is 2.50 bits per heavy atom. The van der Waals surface area contributed by atoms with E-state index in [1.165, 1.54) is 57.0 Å². The number of methoxy groups -OCH3 is 1. The van der Waals surface area contributed by atoms with Crippen LogP contribution in [-0.2, 0) is 11.3 Å². The molecule has 3 heterocycles. The Kier molecular flexibility index (Phi) is 5.92. The first-order valence-corrected chi connectivity index (χ1v) is 14.8. The molecule has 4 aliphatic rings. The highest BCUT2D eigenvalue weighted by molar-refractivity contribution is 7.12. The molecular formula is C30H32N6O3S. The van der Waals surface area contributed by atoms with Crippen molar-refractivity contribution < 1.29 is 14.3 Å². The number of carbonyl (C=O) groups excluding carboxylic acids is 2. The summed E-state index contributed by atoms with van der Waals surface area (Å²) in [5, 5.41) is 8.75. The summed E-state index contributed by atoms with van der Waals surface area (Å²) in [5.41, 5.74) is 11.7. The molecule has 0 spiro atoms. The predicted molar refractivity (Wildman–Crippen MR) is 154 cm³/mol. The molecule has 0 unspecified atom stereocenters. The monoisotopic (exact) mass is 556 g/mol. The molecule has 3 aromatic heterocycles. The number of fused-ring (bicyclic) bond motifs is 1. The Bertz CT molecular complexity index is 1620. The van der Waals surface area contributed by atoms with Crippen molar-refractivity contribution in [2.45, 2.75) is 52.0 Å². The number of nitrogens with zero attached hydrogens (tertiary/aromatic N) is 4. The number of aromatic nitrogens is 4. The number of hydrogen-bond acceptors (Lipinski definition) is 8. The normalized spacial score (nSPS) is 24.9. The van der Waals surface area contributed by atoms with Gasteiger partial charge in [-0.1, -0.05) is 12.1 Å². The van der Waals surface area contributed by atoms with Crippen LogP contribution in [0.5, 0.6) is 0 Å². The van der Waals surface area contributed by atoms with E-state index >= 15 is 0 Å². The lowest BCUT2D eigenvalue weighted by Gasteiger charge is -2.56. The van der Waals surface area contributed by atoms with Crippen molar-refractivity contribution in [3.63, 3.8) is 0 Å². The van der Waals surface area contributed by atoms with Crippen molar-refractivity contribution in [1.29, 1.82) is 0 Å². The Morgan fingerprint density at radius 2 is 1.82 bits per heavy atom. The van der Waals surface area contributed by atoms with Crippen LogP contribution in [0.1, 0.15) is 64.2 Å². The number of thiazole rings is 1. The topological polar surface area (TPSA) is 125 Å². The number of carbonyl (C=O) groups is 2. The third kappa shape index (κ3) is 4.08. The molecule has 1 amide bonds. The van der Waals surface area contributed by atoms with Crippen LogP contribution < -0.4 is 11.1 Å². The maximum absolute atomic E-state index is 13.2. The van der Waals surface area contributed by atoms with E-state index in [2.05, 4.69) is 26.9 Å². The van der Waals surface area contributed by atoms with Crippen molar-refractivity contribution in [2.24, 2.45) is 28.9 Å². The molecule has 0 atom stereocenters. The van der Waals surface area contributed by atoms with Gasteiger partial charge in [-0.3, -0.25) is 14.5 Å². The van der Waals surface area contributed by atoms with E-state index in [9.17, 15) is 9.59 Å². The van der Waals surface area contributed by atoms with Gasteiger partial charge in [0.1, 0.15) is 4.88 Å². The van der Waals surface area contributed by atoms with Crippen LogP contribution in [-0.4, -0.2) is 38.7 Å². The van der Waals surface area contributed by atoms with Crippen LogP contribution in [0.25, 0.3) is 22.0 Å². The largest absolute Gasteiger partial charge is 0.465 e. The van der Waals surface area contributed by atoms with E-state index in [1.54, 1.807) is 17.8 Å². The molecular weight excluding hydrogens is 524 g/mol. The zero-order valence-electron chi connectivity index (χ0n) is 22.6. The summed E-state index contributed by atoms with van der Waals surface area (Å²) in [5.74, 6) is 1.99. The van der Waals surface area contributed by atoms with Gasteiger partial charge in [0.15, 0.2) is 5.82 Å². The fourth-order valence-corrected chi connectivity index (χ4v) is 8.77. The smallest absolute Gasteiger partial charge is 0.340 e. The number of amides is 1. The molecule has 40 heavy (non-hydrogen) atoms. The minimum absolute atomic E-state index is 0.330. The van der Waals surface area contributed by atoms with Gasteiger partial charge in [0.2, 0.25) is 0 Å². The zero-order chi connectivity index (χ0) is 27.6. The highest BCUT2D eigenvalue weighted by Gasteiger charge is 2.51. The van der Waals surface area contributed by atoms with Gasteiger partial charge in [0.05, 0.1) is 35.6 Å². The van der Waals surface area contributed by atoms with Gasteiger partial charge >= 0.3 is 5.97 Å². The number of hydrogen-bond donors (Lipinski definition) is 2. The molecule has 206 valence electrons. The van der Waals surface area contributed by atoms with Gasteiger partial charge < -0.3 is 15.8 Å². The zero-order valence-corrected chi connectivity index (χ0v) is 23.5. The third-order valence-electron chi connectivity index (χ3n) is 9.39. The van der Waals surface area contributed by atoms with E-state index in [1.807, 2.05) is 18.3 Å². The van der Waals surface area contributed by atoms with Gasteiger partial charge in [0.25, 0.3) is 5.91 Å². The number of pyridine rings is 1. The van der Waals surface area contributed by atoms with E-state index in [-0.39, 0.29) is 0 Å². The number of primary amides is 1. The standard InChI is InChI=1S/C30H32N6O3S/c1-16-22(13-34-36(16)14-30-10-17-7-18(11-30)9-19(8-17)12-30)20-3-4-21-23(35-28-26(27(31)37)40-15-33-28)5-6-32-25(21)24(20)29(38)39-2/h3-6,13,15,17-19H,7-12,14H2,1-2H3,(H2,31,37)(H,32,35). The molecule has 4 saturated carbocycles. The average molecular weight is 557 g/mol. The Labute approximate surface area is 236 Å². The Morgan fingerprint density at radius 1 is 1.10 bits per heavy atom. The number of ether oxygens (including phenoxy) is 1. The van der Waals surface area contributed by atoms with Crippen LogP contribution in [0, 0.1) is 30.1 Å². The summed E-state index contributed by atoms with van der Waals surface area (Å²) in [6.07, 6.45) is 11.7. The molecule has 10 heteroatoms. The summed E-state index contributed by atoms with van der Waals surface area (Å²) in [6, 6.07) is 5.64. The van der Waals surface area contributed by atoms with E-state index in [0.29, 0.717) is 38.3 Å². The van der Waals surface area contributed by atoms with E-state index < -0.39 is 11.9 Å². The number of anilines is 2. The molecule has 0 saturated heterocycles. The van der Waals surface area contributed by atoms with Gasteiger partial charge in [-0.15, -0.1) is 11.3 Å². The van der Waals surface area contributed by atoms with Crippen molar-refractivity contribution in [3.05, 3.63) is 52.2 Å². The summed E-state index contributed by atoms with van der Waals surface area (Å²) in [7, 11) is 1.38. The lowest BCUT2D eigenvalue weighted by molar-refractivity contribution is -0.0638. The molecule has 0 aliphatic heterocycles. The van der Waals surface area contributed by atoms with Crippen molar-refractivity contribution in [3.8, 4) is 11.1 Å². The minimum Gasteiger partial charge on any atom is -0.465 e. The van der Waals surface area contributed by atoms with Gasteiger partial charge in [-0.2, -0.15) is 5.10 Å². The Hall–Kier alpha value is -3.79. The second-order valence-corrected chi connectivity index (χ2v) is 12.8. The molecule has 9 nitrogen and oxygen atoms in total. The number of benzene rings is 1. The van der Waals surface area contributed by atoms with Crippen LogP contribution in [0.3, 0.4) is 0 Å². The quantitative estimate of drug-likeness (QED) is 0.279. The van der Waals surface area contributed by atoms with Gasteiger partial charge in [-0.25, -0.2) is 9.78 Å². The number of nitrogens with two attached hydrogens (primary N) is 1. The number of rotatable bonds is 7. The molecule has 8 rings (SSSR count). The molecule has 4 aliphatic carbocycles. The first-order chi connectivity index (χ1) is 19.3. The summed E-state index contributed by atoms with van der Waals surface area (Å²) in [4.78, 5) is 34.2. The lowest BCUT2D eigenvalue weighted by atomic mass is 9.49. The van der Waals surface area contributed by atoms with E-state index in [0.717, 1.165) is 41.1 Å². The number of nitrogens with one attached hydrogen (secondary N) is 1. The lowest BCUT2D eigenvalue weighted by Crippen LogP contribution is -2.48. The first kappa shape index (κ1) is 25.2. The fraction of sp³-hybridized carbons (Fsp3) is 0.433. The fourth-order valence-electron chi connectivity index (χ4n) is 8.17. The molecule has 0 radical (unpaired) electrons. The third-order valence-corrected chi connectivity index (χ3v) is 10.2. The minimum atomic E-state index is -0.554. The van der Waals surface area contributed by atoms with E-state index in [4.69, 9.17) is 15.6 Å². The maximum atomic E-state index is 13.2. The van der Waals surface area contributed by atoms with Gasteiger partial charge in [0, 0.05) is 34.9 Å². The summed E-state index contributed by atoms with van der Waals surface area (Å²) < 4.78 is 7.40. The number of esters is 1. The van der Waals surface area contributed by atoms with Crippen LogP contribution in [0.2, 0.25) is 0 Å². The molecule has 4 fully saturated rings. The van der Waals surface area contributed by atoms with Crippen molar-refractivity contribution in [1.82, 2.24) is 19.7 Å². The van der Waals surface area contributed by atoms with Crippen LogP contribution in [0.15, 0.2) is 36.1 Å². The predicted octanol–water partition coefficient (Wildman–Crippen LogP) is 5.71. The maximum Gasteiger partial charge on any atom is 0.340 e. The summed E-state index contributed by atoms with van der Waals surface area (Å²) >= 11 is 1.17. The average Bonchev–Trinajstić information content (AvgIpc) is 3.53. The molecule has 4 aromatic rings. The van der Waals surface area contributed by atoms with Crippen molar-refractivity contribution in [2.75, 3.05) is 12.4 Å². The molecule has 3 N–H and O–H groups in total. The second kappa shape index (κ2) is 9.40. The second-order valence-electron chi connectivity index (χ2n) is 12.0. The molecule has 4 bridgehead atoms. The van der Waals surface area contributed by atoms with Crippen molar-refractivity contribution >= 4 is 45.6 Å². The highest BCUT2D eigenvalue weighted by Crippen LogP contribution is 2.60. The van der Waals surface area contributed by atoms with Gasteiger partial charge in [-0.05, 0) is 74.7 Å². The first-order valence-electron chi connectivity index (χ1n) is 13.9. The molecule has 1 aromatic carbocycles. The van der Waals surface area contributed by atoms with Crippen LogP contribution >= 0.6 is 11.3 Å². The SMILES string of the molecule is COC(=O)c1c(-c2cnn(CC34CC5CC(CC(C5)C3)C4)c2C)ccc2c(Nc3ncsc3C(N)=O)ccnc12. The van der Waals surface area contributed by atoms with Crippen LogP contribution in [0.4, 0.5) is 11.5 Å². The summed E-state index contributed by atoms with van der Waals surface area (Å²) in [6.45, 7) is 3.03. The highest BCUT2D eigenvalue weighted by atomic mass is 32.1.